The van der Waals surface area contributed by atoms with E-state index in [1.165, 1.54) is 23.1 Å². The van der Waals surface area contributed by atoms with Crippen LogP contribution in [0.5, 0.6) is 0 Å². The van der Waals surface area contributed by atoms with Gasteiger partial charge in [-0.1, -0.05) is 29.3 Å². The monoisotopic (exact) mass is 477 g/mol. The van der Waals surface area contributed by atoms with Crippen LogP contribution in [0.25, 0.3) is 5.65 Å². The van der Waals surface area contributed by atoms with Crippen LogP contribution in [-0.2, 0) is 6.54 Å². The average Bonchev–Trinajstić information content (AvgIpc) is 3.37. The zero-order chi connectivity index (χ0) is 22.4. The minimum Gasteiger partial charge on any atom is -0.288 e. The molecule has 1 N–H and O–H groups in total. The fourth-order valence-corrected chi connectivity index (χ4v) is 3.61. The molecule has 32 heavy (non-hydrogen) atoms. The van der Waals surface area contributed by atoms with Crippen molar-refractivity contribution in [3.8, 4) is 0 Å². The number of hydrogen-bond donors (Lipinski definition) is 1. The van der Waals surface area contributed by atoms with Crippen molar-refractivity contribution in [1.82, 2.24) is 29.4 Å². The Hall–Kier alpha value is -3.11. The predicted molar refractivity (Wildman–Crippen MR) is 113 cm³/mol. The van der Waals surface area contributed by atoms with E-state index in [9.17, 15) is 13.6 Å². The lowest BCUT2D eigenvalue weighted by Crippen LogP contribution is -2.14. The van der Waals surface area contributed by atoms with E-state index in [4.69, 9.17) is 23.2 Å². The molecular weight excluding hydrogens is 463 g/mol. The summed E-state index contributed by atoms with van der Waals surface area (Å²) >= 11 is 11.9. The third-order valence-electron chi connectivity index (χ3n) is 5.02. The van der Waals surface area contributed by atoms with Gasteiger partial charge < -0.3 is 0 Å². The molecule has 1 fully saturated rings. The van der Waals surface area contributed by atoms with Gasteiger partial charge in [0.05, 0.1) is 16.6 Å². The van der Waals surface area contributed by atoms with Gasteiger partial charge in [-0.05, 0) is 36.6 Å². The van der Waals surface area contributed by atoms with Gasteiger partial charge in [0, 0.05) is 17.7 Å². The maximum atomic E-state index is 13.5. The molecule has 0 bridgehead atoms. The van der Waals surface area contributed by atoms with E-state index < -0.39 is 12.3 Å². The van der Waals surface area contributed by atoms with Crippen LogP contribution in [0.2, 0.25) is 10.0 Å². The van der Waals surface area contributed by atoms with Crippen LogP contribution in [0.3, 0.4) is 0 Å². The number of nitrogens with zero attached hydrogens (tertiary/aromatic N) is 6. The second-order valence-corrected chi connectivity index (χ2v) is 8.26. The molecule has 0 unspecified atom stereocenters. The largest absolute Gasteiger partial charge is 0.288 e. The molecule has 0 spiro atoms. The molecule has 8 nitrogen and oxygen atoms in total. The summed E-state index contributed by atoms with van der Waals surface area (Å²) in [5, 5.41) is 11.6. The summed E-state index contributed by atoms with van der Waals surface area (Å²) in [5.74, 6) is -0.392. The second kappa shape index (κ2) is 8.10. The molecule has 0 aliphatic heterocycles. The summed E-state index contributed by atoms with van der Waals surface area (Å²) in [4.78, 5) is 21.1. The summed E-state index contributed by atoms with van der Waals surface area (Å²) in [6.07, 6.45) is 0.543. The van der Waals surface area contributed by atoms with E-state index in [1.807, 2.05) is 0 Å². The van der Waals surface area contributed by atoms with E-state index in [2.05, 4.69) is 25.5 Å². The van der Waals surface area contributed by atoms with E-state index in [0.29, 0.717) is 22.3 Å². The summed E-state index contributed by atoms with van der Waals surface area (Å²) < 4.78 is 29.6. The van der Waals surface area contributed by atoms with Crippen LogP contribution >= 0.6 is 23.2 Å². The third kappa shape index (κ3) is 4.15. The highest BCUT2D eigenvalue weighted by Gasteiger charge is 2.28. The van der Waals surface area contributed by atoms with Crippen LogP contribution in [0.1, 0.15) is 52.6 Å². The van der Waals surface area contributed by atoms with Gasteiger partial charge in [-0.2, -0.15) is 5.10 Å². The van der Waals surface area contributed by atoms with Gasteiger partial charge in [-0.15, -0.1) is 5.10 Å². The van der Waals surface area contributed by atoms with Crippen LogP contribution in [-0.4, -0.2) is 35.3 Å². The van der Waals surface area contributed by atoms with Crippen molar-refractivity contribution in [3.05, 3.63) is 69.3 Å². The highest BCUT2D eigenvalue weighted by molar-refractivity contribution is 6.42. The molecule has 5 rings (SSSR count). The lowest BCUT2D eigenvalue weighted by molar-refractivity contribution is 0.102. The Morgan fingerprint density at radius 2 is 1.97 bits per heavy atom. The fourth-order valence-electron chi connectivity index (χ4n) is 3.29. The van der Waals surface area contributed by atoms with Gasteiger partial charge >= 0.3 is 0 Å². The van der Waals surface area contributed by atoms with Crippen LogP contribution in [0.15, 0.2) is 36.7 Å². The van der Waals surface area contributed by atoms with Crippen molar-refractivity contribution in [3.63, 3.8) is 0 Å². The van der Waals surface area contributed by atoms with E-state index in [0.717, 1.165) is 22.9 Å². The zero-order valence-corrected chi connectivity index (χ0v) is 17.9. The number of amides is 1. The first-order chi connectivity index (χ1) is 15.4. The molecule has 4 aromatic rings. The van der Waals surface area contributed by atoms with Crippen LogP contribution in [0.4, 0.5) is 14.7 Å². The summed E-state index contributed by atoms with van der Waals surface area (Å²) in [7, 11) is 0. The Kier molecular flexibility index (Phi) is 5.26. The summed E-state index contributed by atoms with van der Waals surface area (Å²) in [6, 6.07) is 7.92. The number of anilines is 1. The number of benzene rings is 1. The van der Waals surface area contributed by atoms with Crippen LogP contribution < -0.4 is 5.32 Å². The molecule has 1 saturated carbocycles. The van der Waals surface area contributed by atoms with Crippen molar-refractivity contribution in [2.24, 2.45) is 0 Å². The molecule has 12 heteroatoms. The number of carbonyl (C=O) groups excluding carboxylic acids is 1. The van der Waals surface area contributed by atoms with Gasteiger partial charge in [0.1, 0.15) is 12.0 Å². The first-order valence-corrected chi connectivity index (χ1v) is 10.5. The Morgan fingerprint density at radius 3 is 2.69 bits per heavy atom. The van der Waals surface area contributed by atoms with Crippen molar-refractivity contribution in [2.45, 2.75) is 31.7 Å². The lowest BCUT2D eigenvalue weighted by atomic mass is 10.2. The molecule has 164 valence electrons. The molecule has 0 radical (unpaired) electrons. The van der Waals surface area contributed by atoms with Gasteiger partial charge in [0.2, 0.25) is 5.95 Å². The molecule has 1 amide bonds. The highest BCUT2D eigenvalue weighted by atomic mass is 35.5. The normalized spacial score (nSPS) is 13.8. The first kappa shape index (κ1) is 20.8. The number of fused-ring (bicyclic) bond motifs is 1. The van der Waals surface area contributed by atoms with Crippen molar-refractivity contribution in [2.75, 3.05) is 5.32 Å². The van der Waals surface area contributed by atoms with Crippen molar-refractivity contribution in [1.29, 1.82) is 0 Å². The topological polar surface area (TPSA) is 90.0 Å². The maximum Gasteiger partial charge on any atom is 0.280 e. The van der Waals surface area contributed by atoms with Crippen molar-refractivity contribution >= 4 is 40.7 Å². The number of halogens is 4. The summed E-state index contributed by atoms with van der Waals surface area (Å²) in [5.41, 5.74) is 1.29. The average molecular weight is 478 g/mol. The second-order valence-electron chi connectivity index (χ2n) is 7.45. The van der Waals surface area contributed by atoms with Crippen LogP contribution in [0, 0.1) is 0 Å². The number of aromatic nitrogens is 6. The molecule has 1 aliphatic rings. The molecular formula is C20H15Cl2F2N7O. The zero-order valence-electron chi connectivity index (χ0n) is 16.3. The molecule has 3 aromatic heterocycles. The van der Waals surface area contributed by atoms with Gasteiger partial charge in [-0.25, -0.2) is 27.9 Å². The molecule has 1 aliphatic carbocycles. The van der Waals surface area contributed by atoms with Gasteiger partial charge in [0.25, 0.3) is 12.3 Å². The Morgan fingerprint density at radius 1 is 1.16 bits per heavy atom. The lowest BCUT2D eigenvalue weighted by Gasteiger charge is -2.06. The molecule has 3 heterocycles. The highest BCUT2D eigenvalue weighted by Crippen LogP contribution is 2.40. The minimum absolute atomic E-state index is 0.0489. The Balaban J connectivity index is 1.35. The Labute approximate surface area is 190 Å². The fraction of sp³-hybridized carbons (Fsp3) is 0.250. The Bertz CT molecular complexity index is 1330. The standard InChI is InChI=1S/C20H15Cl2F2N7O/c21-12-4-1-10(5-13(12)22)8-30-9-25-20(29-30)27-19(32)15-7-17-26-14(11-2-3-11)6-16(18(23)24)31(17)28-15/h1,4-7,9,11,18H,2-3,8H2,(H,27,29,32). The first-order valence-electron chi connectivity index (χ1n) is 9.71. The molecule has 0 saturated heterocycles. The minimum atomic E-state index is -2.74. The summed E-state index contributed by atoms with van der Waals surface area (Å²) in [6.45, 7) is 0.361. The van der Waals surface area contributed by atoms with Crippen molar-refractivity contribution < 1.29 is 13.6 Å². The molecule has 0 atom stereocenters. The smallest absolute Gasteiger partial charge is 0.280 e. The number of alkyl halides is 2. The molecule has 1 aromatic carbocycles. The maximum absolute atomic E-state index is 13.5. The SMILES string of the molecule is O=C(Nc1ncn(Cc2ccc(Cl)c(Cl)c2)n1)c1cc2nc(C3CC3)cc(C(F)F)n2n1. The quantitative estimate of drug-likeness (QED) is 0.432. The van der Waals surface area contributed by atoms with E-state index in [-0.39, 0.29) is 28.9 Å². The van der Waals surface area contributed by atoms with Gasteiger partial charge in [-0.3, -0.25) is 10.1 Å². The number of rotatable bonds is 6. The number of hydrogen-bond acceptors (Lipinski definition) is 5. The number of carbonyl (C=O) groups is 1. The van der Waals surface area contributed by atoms with E-state index in [1.54, 1.807) is 18.2 Å². The third-order valence-corrected chi connectivity index (χ3v) is 5.76. The van der Waals surface area contributed by atoms with E-state index >= 15 is 0 Å². The number of nitrogens with one attached hydrogen (secondary N) is 1. The van der Waals surface area contributed by atoms with Gasteiger partial charge in [0.15, 0.2) is 11.3 Å². The predicted octanol–water partition coefficient (Wildman–Crippen LogP) is 4.74.